The molecule has 4 nitrogen and oxygen atoms in total. The maximum Gasteiger partial charge on any atom is 0.132 e. The minimum absolute atomic E-state index is 0.385. The number of hydrogen-bond donors (Lipinski definition) is 0. The Morgan fingerprint density at radius 2 is 2.28 bits per heavy atom. The second-order valence-corrected chi connectivity index (χ2v) is 5.24. The van der Waals surface area contributed by atoms with Gasteiger partial charge < -0.3 is 9.80 Å². The third-order valence-electron chi connectivity index (χ3n) is 3.36. The van der Waals surface area contributed by atoms with Crippen molar-refractivity contribution < 1.29 is 0 Å². The highest BCUT2D eigenvalue weighted by Crippen LogP contribution is 2.22. The highest BCUT2D eigenvalue weighted by Gasteiger charge is 2.22. The average molecular weight is 265 g/mol. The van der Waals surface area contributed by atoms with E-state index in [0.29, 0.717) is 16.8 Å². The molecule has 5 heteroatoms. The summed E-state index contributed by atoms with van der Waals surface area (Å²) in [7, 11) is 4.19. The lowest BCUT2D eigenvalue weighted by molar-refractivity contribution is 0.257. The third kappa shape index (κ3) is 2.92. The number of nitrogens with zero attached hydrogens (tertiary/aromatic N) is 4. The average Bonchev–Trinajstić information content (AvgIpc) is 2.38. The minimum Gasteiger partial charge on any atom is -0.355 e. The monoisotopic (exact) mass is 264 g/mol. The van der Waals surface area contributed by atoms with E-state index in [1.807, 2.05) is 6.07 Å². The van der Waals surface area contributed by atoms with Gasteiger partial charge in [-0.1, -0.05) is 11.6 Å². The van der Waals surface area contributed by atoms with Crippen molar-refractivity contribution in [2.45, 2.75) is 18.9 Å². The molecule has 2 rings (SSSR count). The van der Waals surface area contributed by atoms with Gasteiger partial charge in [-0.2, -0.15) is 5.26 Å². The van der Waals surface area contributed by atoms with Gasteiger partial charge in [-0.05, 0) is 39.1 Å². The van der Waals surface area contributed by atoms with Crippen LogP contribution in [0.4, 0.5) is 5.82 Å². The molecule has 18 heavy (non-hydrogen) atoms. The van der Waals surface area contributed by atoms with Crippen molar-refractivity contribution >= 4 is 17.4 Å². The van der Waals surface area contributed by atoms with Gasteiger partial charge in [0, 0.05) is 19.1 Å². The SMILES string of the molecule is CN(C)C1CCCN(c2cc(C#N)cc(Cl)n2)C1. The Hall–Kier alpha value is -1.31. The van der Waals surface area contributed by atoms with Crippen molar-refractivity contribution in [3.05, 3.63) is 22.8 Å². The molecule has 1 unspecified atom stereocenters. The smallest absolute Gasteiger partial charge is 0.132 e. The van der Waals surface area contributed by atoms with E-state index < -0.39 is 0 Å². The number of pyridine rings is 1. The predicted molar refractivity (Wildman–Crippen MR) is 72.9 cm³/mol. The minimum atomic E-state index is 0.385. The number of piperidine rings is 1. The molecule has 0 bridgehead atoms. The van der Waals surface area contributed by atoms with Crippen LogP contribution in [0.3, 0.4) is 0 Å². The van der Waals surface area contributed by atoms with Gasteiger partial charge in [0.05, 0.1) is 11.6 Å². The van der Waals surface area contributed by atoms with Crippen LogP contribution in [0.1, 0.15) is 18.4 Å². The summed E-state index contributed by atoms with van der Waals surface area (Å²) in [6, 6.07) is 6.06. The Balaban J connectivity index is 2.21. The summed E-state index contributed by atoms with van der Waals surface area (Å²) in [4.78, 5) is 8.77. The van der Waals surface area contributed by atoms with Crippen LogP contribution in [0.5, 0.6) is 0 Å². The van der Waals surface area contributed by atoms with Crippen LogP contribution >= 0.6 is 11.6 Å². The third-order valence-corrected chi connectivity index (χ3v) is 3.55. The standard InChI is InChI=1S/C13H17ClN4/c1-17(2)11-4-3-5-18(9-11)13-7-10(8-15)6-12(14)16-13/h6-7,11H,3-5,9H2,1-2H3. The fourth-order valence-electron chi connectivity index (χ4n) is 2.29. The van der Waals surface area contributed by atoms with Crippen LogP contribution in [0.2, 0.25) is 5.15 Å². The first kappa shape index (κ1) is 13.1. The van der Waals surface area contributed by atoms with Crippen LogP contribution in [0.25, 0.3) is 0 Å². The topological polar surface area (TPSA) is 43.2 Å². The van der Waals surface area contributed by atoms with Crippen LogP contribution in [0, 0.1) is 11.3 Å². The lowest BCUT2D eigenvalue weighted by Crippen LogP contribution is -2.45. The van der Waals surface area contributed by atoms with Crippen molar-refractivity contribution in [3.8, 4) is 6.07 Å². The maximum atomic E-state index is 8.96. The second kappa shape index (κ2) is 5.55. The first-order chi connectivity index (χ1) is 8.60. The number of halogens is 1. The van der Waals surface area contributed by atoms with Crippen molar-refractivity contribution in [1.29, 1.82) is 5.26 Å². The number of anilines is 1. The summed E-state index contributed by atoms with van der Waals surface area (Å²) in [5, 5.41) is 9.35. The first-order valence-electron chi connectivity index (χ1n) is 6.09. The molecule has 1 aromatic rings. The Kier molecular flexibility index (Phi) is 4.05. The van der Waals surface area contributed by atoms with Gasteiger partial charge >= 0.3 is 0 Å². The van der Waals surface area contributed by atoms with Crippen LogP contribution in [0.15, 0.2) is 12.1 Å². The van der Waals surface area contributed by atoms with Gasteiger partial charge in [-0.3, -0.25) is 0 Å². The summed E-state index contributed by atoms with van der Waals surface area (Å²) < 4.78 is 0. The van der Waals surface area contributed by atoms with E-state index in [1.165, 1.54) is 6.42 Å². The molecule has 0 N–H and O–H groups in total. The van der Waals surface area contributed by atoms with Gasteiger partial charge in [0.15, 0.2) is 0 Å². The molecular formula is C13H17ClN4. The molecular weight excluding hydrogens is 248 g/mol. The van der Waals surface area contributed by atoms with E-state index in [4.69, 9.17) is 16.9 Å². The molecule has 1 aliphatic heterocycles. The summed E-state index contributed by atoms with van der Waals surface area (Å²) in [5.41, 5.74) is 0.567. The van der Waals surface area contributed by atoms with Gasteiger partial charge in [0.2, 0.25) is 0 Å². The summed E-state index contributed by atoms with van der Waals surface area (Å²) in [6.45, 7) is 1.91. The van der Waals surface area contributed by atoms with E-state index >= 15 is 0 Å². The van der Waals surface area contributed by atoms with Gasteiger partial charge in [0.1, 0.15) is 11.0 Å². The molecule has 1 aromatic heterocycles. The molecule has 96 valence electrons. The number of hydrogen-bond acceptors (Lipinski definition) is 4. The summed E-state index contributed by atoms with van der Waals surface area (Å²) in [6.07, 6.45) is 2.34. The maximum absolute atomic E-state index is 8.96. The van der Waals surface area contributed by atoms with E-state index in [0.717, 1.165) is 25.3 Å². The molecule has 0 spiro atoms. The molecule has 0 saturated carbocycles. The van der Waals surface area contributed by atoms with Gasteiger partial charge in [-0.15, -0.1) is 0 Å². The largest absolute Gasteiger partial charge is 0.355 e. The molecule has 1 atom stereocenters. The summed E-state index contributed by atoms with van der Waals surface area (Å²) in [5.74, 6) is 0.811. The molecule has 0 aliphatic carbocycles. The van der Waals surface area contributed by atoms with Crippen LogP contribution in [-0.4, -0.2) is 43.1 Å². The Labute approximate surface area is 113 Å². The van der Waals surface area contributed by atoms with Crippen LogP contribution in [-0.2, 0) is 0 Å². The molecule has 0 radical (unpaired) electrons. The van der Waals surface area contributed by atoms with Gasteiger partial charge in [-0.25, -0.2) is 4.98 Å². The van der Waals surface area contributed by atoms with Crippen molar-refractivity contribution in [1.82, 2.24) is 9.88 Å². The van der Waals surface area contributed by atoms with E-state index in [2.05, 4.69) is 34.9 Å². The molecule has 1 aliphatic rings. The number of nitriles is 1. The molecule has 2 heterocycles. The quantitative estimate of drug-likeness (QED) is 0.768. The van der Waals surface area contributed by atoms with Crippen molar-refractivity contribution in [2.24, 2.45) is 0 Å². The van der Waals surface area contributed by atoms with Crippen molar-refractivity contribution in [2.75, 3.05) is 32.1 Å². The van der Waals surface area contributed by atoms with E-state index in [9.17, 15) is 0 Å². The Bertz CT molecular complexity index is 467. The zero-order chi connectivity index (χ0) is 13.1. The highest BCUT2D eigenvalue weighted by atomic mass is 35.5. The number of rotatable bonds is 2. The number of aromatic nitrogens is 1. The predicted octanol–water partition coefficient (Wildman–Crippen LogP) is 2.14. The zero-order valence-corrected chi connectivity index (χ0v) is 11.5. The number of likely N-dealkylation sites (N-methyl/N-ethyl adjacent to an activating group) is 1. The first-order valence-corrected chi connectivity index (χ1v) is 6.47. The Morgan fingerprint density at radius 3 is 2.94 bits per heavy atom. The lowest BCUT2D eigenvalue weighted by atomic mass is 10.0. The van der Waals surface area contributed by atoms with E-state index in [1.54, 1.807) is 6.07 Å². The van der Waals surface area contributed by atoms with Gasteiger partial charge in [0.25, 0.3) is 0 Å². The Morgan fingerprint density at radius 1 is 1.50 bits per heavy atom. The zero-order valence-electron chi connectivity index (χ0n) is 10.7. The fourth-order valence-corrected chi connectivity index (χ4v) is 2.50. The second-order valence-electron chi connectivity index (χ2n) is 4.85. The summed E-state index contributed by atoms with van der Waals surface area (Å²) >= 11 is 5.95. The van der Waals surface area contributed by atoms with Crippen LogP contribution < -0.4 is 4.90 Å². The highest BCUT2D eigenvalue weighted by molar-refractivity contribution is 6.29. The molecule has 1 fully saturated rings. The fraction of sp³-hybridized carbons (Fsp3) is 0.538. The molecule has 1 saturated heterocycles. The van der Waals surface area contributed by atoms with Crippen molar-refractivity contribution in [3.63, 3.8) is 0 Å². The lowest BCUT2D eigenvalue weighted by Gasteiger charge is -2.36. The normalized spacial score (nSPS) is 19.9. The van der Waals surface area contributed by atoms with E-state index in [-0.39, 0.29) is 0 Å². The molecule has 0 aromatic carbocycles. The molecule has 0 amide bonds.